The van der Waals surface area contributed by atoms with Crippen molar-refractivity contribution in [3.05, 3.63) is 34.3 Å². The van der Waals surface area contributed by atoms with E-state index in [1.807, 2.05) is 12.1 Å². The van der Waals surface area contributed by atoms with Gasteiger partial charge in [-0.05, 0) is 48.8 Å². The van der Waals surface area contributed by atoms with Crippen molar-refractivity contribution >= 4 is 15.9 Å². The van der Waals surface area contributed by atoms with E-state index in [0.717, 1.165) is 17.3 Å². The van der Waals surface area contributed by atoms with Crippen LogP contribution in [0.4, 0.5) is 0 Å². The van der Waals surface area contributed by atoms with Crippen molar-refractivity contribution in [1.29, 1.82) is 5.26 Å². The molecule has 2 heteroatoms. The van der Waals surface area contributed by atoms with Gasteiger partial charge in [-0.25, -0.2) is 0 Å². The number of hydrogen-bond acceptors (Lipinski definition) is 1. The second kappa shape index (κ2) is 3.34. The third-order valence-electron chi connectivity index (χ3n) is 4.38. The molecule has 0 unspecified atom stereocenters. The number of rotatable bonds is 1. The van der Waals surface area contributed by atoms with Gasteiger partial charge in [-0.15, -0.1) is 0 Å². The van der Waals surface area contributed by atoms with Crippen molar-refractivity contribution in [3.63, 3.8) is 0 Å². The lowest BCUT2D eigenvalue weighted by Crippen LogP contribution is -2.52. The van der Waals surface area contributed by atoms with E-state index in [1.54, 1.807) is 0 Å². The fourth-order valence-corrected chi connectivity index (χ4v) is 3.64. The first-order valence-corrected chi connectivity index (χ1v) is 6.65. The maximum Gasteiger partial charge on any atom is 0.0833 e. The molecule has 0 saturated heterocycles. The largest absolute Gasteiger partial charge is 0.197 e. The minimum atomic E-state index is -0.179. The predicted molar refractivity (Wildman–Crippen MR) is 67.0 cm³/mol. The molecule has 2 saturated carbocycles. The fraction of sp³-hybridized carbons (Fsp3) is 0.500. The standard InChI is InChI=1S/C14H14BrN/c15-12-4-2-11(3-5-12)14(10-16)8-13(9-14)6-1-7-13/h2-5H,1,6-9H2. The summed E-state index contributed by atoms with van der Waals surface area (Å²) in [6.45, 7) is 0. The van der Waals surface area contributed by atoms with E-state index in [0.29, 0.717) is 5.41 Å². The molecule has 0 bridgehead atoms. The van der Waals surface area contributed by atoms with Crippen molar-refractivity contribution in [2.45, 2.75) is 37.5 Å². The van der Waals surface area contributed by atoms with Gasteiger partial charge in [-0.3, -0.25) is 0 Å². The Balaban J connectivity index is 1.87. The summed E-state index contributed by atoms with van der Waals surface area (Å²) in [5.74, 6) is 0. The zero-order valence-electron chi connectivity index (χ0n) is 9.17. The smallest absolute Gasteiger partial charge is 0.0833 e. The van der Waals surface area contributed by atoms with Gasteiger partial charge in [0, 0.05) is 4.47 Å². The maximum absolute atomic E-state index is 9.45. The molecule has 16 heavy (non-hydrogen) atoms. The van der Waals surface area contributed by atoms with E-state index < -0.39 is 0 Å². The quantitative estimate of drug-likeness (QED) is 0.755. The summed E-state index contributed by atoms with van der Waals surface area (Å²) >= 11 is 3.44. The van der Waals surface area contributed by atoms with Crippen LogP contribution in [-0.4, -0.2) is 0 Å². The van der Waals surface area contributed by atoms with E-state index in [9.17, 15) is 5.26 Å². The minimum Gasteiger partial charge on any atom is -0.197 e. The minimum absolute atomic E-state index is 0.179. The molecular formula is C14H14BrN. The highest BCUT2D eigenvalue weighted by Gasteiger charge is 2.58. The molecule has 0 atom stereocenters. The van der Waals surface area contributed by atoms with E-state index in [-0.39, 0.29) is 5.41 Å². The Kier molecular flexibility index (Phi) is 2.16. The van der Waals surface area contributed by atoms with Crippen LogP contribution >= 0.6 is 15.9 Å². The van der Waals surface area contributed by atoms with Gasteiger partial charge in [0.25, 0.3) is 0 Å². The molecule has 0 N–H and O–H groups in total. The first kappa shape index (κ1) is 10.4. The van der Waals surface area contributed by atoms with Crippen LogP contribution in [0.15, 0.2) is 28.7 Å². The van der Waals surface area contributed by atoms with Gasteiger partial charge < -0.3 is 0 Å². The second-order valence-electron chi connectivity index (χ2n) is 5.41. The number of benzene rings is 1. The van der Waals surface area contributed by atoms with Gasteiger partial charge in [0.1, 0.15) is 0 Å². The van der Waals surface area contributed by atoms with Crippen LogP contribution in [-0.2, 0) is 5.41 Å². The number of hydrogen-bond donors (Lipinski definition) is 0. The summed E-state index contributed by atoms with van der Waals surface area (Å²) in [5.41, 5.74) is 1.57. The maximum atomic E-state index is 9.45. The molecule has 82 valence electrons. The van der Waals surface area contributed by atoms with Crippen LogP contribution in [0, 0.1) is 16.7 Å². The third-order valence-corrected chi connectivity index (χ3v) is 4.91. The third kappa shape index (κ3) is 1.34. The average molecular weight is 276 g/mol. The summed E-state index contributed by atoms with van der Waals surface area (Å²) in [7, 11) is 0. The Morgan fingerprint density at radius 1 is 1.12 bits per heavy atom. The number of nitrogens with zero attached hydrogens (tertiary/aromatic N) is 1. The van der Waals surface area contributed by atoms with Crippen molar-refractivity contribution in [3.8, 4) is 6.07 Å². The van der Waals surface area contributed by atoms with Crippen LogP contribution in [0.3, 0.4) is 0 Å². The summed E-state index contributed by atoms with van der Waals surface area (Å²) < 4.78 is 1.09. The SMILES string of the molecule is N#CC1(c2ccc(Br)cc2)CC2(CCC2)C1. The summed E-state index contributed by atoms with van der Waals surface area (Å²) in [5, 5.41) is 9.45. The molecule has 0 radical (unpaired) electrons. The monoisotopic (exact) mass is 275 g/mol. The highest BCUT2D eigenvalue weighted by Crippen LogP contribution is 2.64. The van der Waals surface area contributed by atoms with Gasteiger partial charge in [-0.1, -0.05) is 34.5 Å². The van der Waals surface area contributed by atoms with Crippen LogP contribution in [0.2, 0.25) is 0 Å². The molecule has 2 fully saturated rings. The molecule has 3 rings (SSSR count). The molecule has 0 aliphatic heterocycles. The Morgan fingerprint density at radius 3 is 2.19 bits per heavy atom. The molecule has 1 nitrogen and oxygen atoms in total. The summed E-state index contributed by atoms with van der Waals surface area (Å²) in [6, 6.07) is 10.8. The Labute approximate surface area is 105 Å². The molecular weight excluding hydrogens is 262 g/mol. The van der Waals surface area contributed by atoms with Crippen LogP contribution in [0.5, 0.6) is 0 Å². The molecule has 0 heterocycles. The topological polar surface area (TPSA) is 23.8 Å². The highest BCUT2D eigenvalue weighted by molar-refractivity contribution is 9.10. The van der Waals surface area contributed by atoms with E-state index in [1.165, 1.54) is 24.8 Å². The Morgan fingerprint density at radius 2 is 1.75 bits per heavy atom. The Bertz CT molecular complexity index is 443. The first-order chi connectivity index (χ1) is 7.68. The fourth-order valence-electron chi connectivity index (χ4n) is 3.38. The normalized spacial score (nSPS) is 24.2. The van der Waals surface area contributed by atoms with Crippen LogP contribution < -0.4 is 0 Å². The van der Waals surface area contributed by atoms with E-state index in [2.05, 4.69) is 34.1 Å². The number of nitriles is 1. The zero-order valence-corrected chi connectivity index (χ0v) is 10.8. The van der Waals surface area contributed by atoms with E-state index in [4.69, 9.17) is 0 Å². The Hall–Kier alpha value is -0.810. The molecule has 2 aliphatic carbocycles. The van der Waals surface area contributed by atoms with Crippen molar-refractivity contribution in [2.75, 3.05) is 0 Å². The molecule has 1 aromatic carbocycles. The summed E-state index contributed by atoms with van der Waals surface area (Å²) in [6.07, 6.45) is 6.21. The molecule has 0 amide bonds. The van der Waals surface area contributed by atoms with Gasteiger partial charge in [-0.2, -0.15) is 5.26 Å². The second-order valence-corrected chi connectivity index (χ2v) is 6.32. The average Bonchev–Trinajstić information content (AvgIpc) is 2.17. The van der Waals surface area contributed by atoms with Gasteiger partial charge in [0.2, 0.25) is 0 Å². The lowest BCUT2D eigenvalue weighted by molar-refractivity contribution is -0.0227. The van der Waals surface area contributed by atoms with Gasteiger partial charge in [0.05, 0.1) is 11.5 Å². The van der Waals surface area contributed by atoms with Crippen molar-refractivity contribution in [1.82, 2.24) is 0 Å². The van der Waals surface area contributed by atoms with Gasteiger partial charge >= 0.3 is 0 Å². The molecule has 0 aromatic heterocycles. The molecule has 1 aromatic rings. The van der Waals surface area contributed by atoms with Crippen molar-refractivity contribution in [2.24, 2.45) is 5.41 Å². The lowest BCUT2D eigenvalue weighted by Gasteiger charge is -2.58. The highest BCUT2D eigenvalue weighted by atomic mass is 79.9. The van der Waals surface area contributed by atoms with Crippen molar-refractivity contribution < 1.29 is 0 Å². The van der Waals surface area contributed by atoms with E-state index >= 15 is 0 Å². The first-order valence-electron chi connectivity index (χ1n) is 5.86. The lowest BCUT2D eigenvalue weighted by atomic mass is 9.44. The summed E-state index contributed by atoms with van der Waals surface area (Å²) in [4.78, 5) is 0. The van der Waals surface area contributed by atoms with Gasteiger partial charge in [0.15, 0.2) is 0 Å². The predicted octanol–water partition coefficient (Wildman–Crippen LogP) is 4.17. The molecule has 2 aliphatic rings. The van der Waals surface area contributed by atoms with Crippen LogP contribution in [0.1, 0.15) is 37.7 Å². The van der Waals surface area contributed by atoms with Crippen LogP contribution in [0.25, 0.3) is 0 Å². The number of halogens is 1. The zero-order chi connectivity index (χ0) is 11.2. The molecule has 1 spiro atoms.